The number of nitrogens with one attached hydrogen (secondary N) is 1. The van der Waals surface area contributed by atoms with Crippen molar-refractivity contribution in [1.82, 2.24) is 4.98 Å². The lowest BCUT2D eigenvalue weighted by molar-refractivity contribution is -0.118. The van der Waals surface area contributed by atoms with Crippen molar-refractivity contribution in [3.8, 4) is 0 Å². The molecular formula is C12H15Cl2N3O2. The summed E-state index contributed by atoms with van der Waals surface area (Å²) in [7, 11) is 0. The molecule has 19 heavy (non-hydrogen) atoms. The first-order chi connectivity index (χ1) is 8.07. The van der Waals surface area contributed by atoms with Crippen LogP contribution < -0.4 is 11.1 Å². The van der Waals surface area contributed by atoms with Crippen molar-refractivity contribution >= 4 is 47.5 Å². The third-order valence-corrected chi connectivity index (χ3v) is 2.99. The number of fused-ring (bicyclic) bond motifs is 1. The van der Waals surface area contributed by atoms with Crippen LogP contribution in [0, 0.1) is 6.92 Å². The molecule has 0 aliphatic heterocycles. The van der Waals surface area contributed by atoms with E-state index in [-0.39, 0.29) is 30.7 Å². The highest BCUT2D eigenvalue weighted by molar-refractivity contribution is 6.00. The van der Waals surface area contributed by atoms with E-state index in [1.54, 1.807) is 25.1 Å². The van der Waals surface area contributed by atoms with Crippen molar-refractivity contribution in [2.45, 2.75) is 25.3 Å². The highest BCUT2D eigenvalue weighted by atomic mass is 35.5. The monoisotopic (exact) mass is 303 g/mol. The number of carbonyl (C=O) groups is 1. The first-order valence-corrected chi connectivity index (χ1v) is 5.54. The normalized spacial score (nSPS) is 15.3. The van der Waals surface area contributed by atoms with Crippen LogP contribution in [0.1, 0.15) is 18.7 Å². The van der Waals surface area contributed by atoms with Gasteiger partial charge in [-0.25, -0.2) is 4.98 Å². The lowest BCUT2D eigenvalue weighted by Crippen LogP contribution is -2.37. The number of nitrogens with zero attached hydrogens (tertiary/aromatic N) is 1. The predicted molar refractivity (Wildman–Crippen MR) is 78.0 cm³/mol. The molecule has 1 heterocycles. The van der Waals surface area contributed by atoms with E-state index in [0.717, 1.165) is 23.9 Å². The van der Waals surface area contributed by atoms with E-state index in [2.05, 4.69) is 10.3 Å². The molecule has 1 aliphatic carbocycles. The number of halogens is 2. The molecule has 0 unspecified atom stereocenters. The molecule has 0 spiro atoms. The molecule has 7 heteroatoms. The molecule has 1 aromatic carbocycles. The molecule has 3 N–H and O–H groups in total. The number of anilines is 1. The van der Waals surface area contributed by atoms with Crippen LogP contribution >= 0.6 is 24.8 Å². The number of aryl methyl sites for hydroxylation is 1. The fourth-order valence-corrected chi connectivity index (χ4v) is 1.74. The molecule has 1 fully saturated rings. The quantitative estimate of drug-likeness (QED) is 0.892. The molecule has 0 radical (unpaired) electrons. The Morgan fingerprint density at radius 3 is 2.74 bits per heavy atom. The minimum absolute atomic E-state index is 0. The summed E-state index contributed by atoms with van der Waals surface area (Å²) >= 11 is 0. The standard InChI is InChI=1S/C12H13N3O2.2ClH/c1-7-14-9-6-8(2-3-10(9)17-7)15-11(16)12(13)4-5-12;;/h2-3,6H,4-5,13H2,1H3,(H,15,16);2*1H. The highest BCUT2D eigenvalue weighted by Crippen LogP contribution is 2.33. The predicted octanol–water partition coefficient (Wildman–Crippen LogP) is 2.41. The second-order valence-corrected chi connectivity index (χ2v) is 4.53. The lowest BCUT2D eigenvalue weighted by atomic mass is 10.2. The summed E-state index contributed by atoms with van der Waals surface area (Å²) in [5.74, 6) is 0.484. The van der Waals surface area contributed by atoms with Crippen molar-refractivity contribution in [2.24, 2.45) is 5.73 Å². The first kappa shape index (κ1) is 15.8. The van der Waals surface area contributed by atoms with Gasteiger partial charge in [-0.15, -0.1) is 24.8 Å². The van der Waals surface area contributed by atoms with Crippen LogP contribution in [0.15, 0.2) is 22.6 Å². The average Bonchev–Trinajstić information content (AvgIpc) is 2.91. The summed E-state index contributed by atoms with van der Waals surface area (Å²) in [6.07, 6.45) is 1.51. The minimum Gasteiger partial charge on any atom is -0.441 e. The van der Waals surface area contributed by atoms with Gasteiger partial charge in [-0.2, -0.15) is 0 Å². The number of hydrogen-bond acceptors (Lipinski definition) is 4. The molecule has 2 aromatic rings. The lowest BCUT2D eigenvalue weighted by Gasteiger charge is -2.09. The average molecular weight is 304 g/mol. The van der Waals surface area contributed by atoms with E-state index >= 15 is 0 Å². The van der Waals surface area contributed by atoms with E-state index in [9.17, 15) is 4.79 Å². The van der Waals surface area contributed by atoms with Gasteiger partial charge in [0.1, 0.15) is 5.52 Å². The van der Waals surface area contributed by atoms with Crippen LogP contribution in [-0.4, -0.2) is 16.4 Å². The van der Waals surface area contributed by atoms with Crippen LogP contribution in [-0.2, 0) is 4.79 Å². The van der Waals surface area contributed by atoms with E-state index < -0.39 is 5.54 Å². The van der Waals surface area contributed by atoms with Crippen molar-refractivity contribution < 1.29 is 9.21 Å². The second-order valence-electron chi connectivity index (χ2n) is 4.53. The molecule has 0 saturated heterocycles. The van der Waals surface area contributed by atoms with Gasteiger partial charge in [-0.3, -0.25) is 4.79 Å². The Labute approximate surface area is 122 Å². The number of nitrogens with two attached hydrogens (primary N) is 1. The van der Waals surface area contributed by atoms with Gasteiger partial charge >= 0.3 is 0 Å². The minimum atomic E-state index is -0.658. The zero-order valence-electron chi connectivity index (χ0n) is 10.3. The van der Waals surface area contributed by atoms with E-state index in [1.165, 1.54) is 0 Å². The summed E-state index contributed by atoms with van der Waals surface area (Å²) in [6, 6.07) is 5.37. The molecule has 0 atom stereocenters. The summed E-state index contributed by atoms with van der Waals surface area (Å²) < 4.78 is 5.36. The molecule has 1 aromatic heterocycles. The van der Waals surface area contributed by atoms with Crippen LogP contribution in [0.4, 0.5) is 5.69 Å². The molecule has 104 valence electrons. The number of carbonyl (C=O) groups excluding carboxylic acids is 1. The topological polar surface area (TPSA) is 81.2 Å². The number of aromatic nitrogens is 1. The fourth-order valence-electron chi connectivity index (χ4n) is 1.74. The van der Waals surface area contributed by atoms with Crippen LogP contribution in [0.25, 0.3) is 11.1 Å². The van der Waals surface area contributed by atoms with E-state index in [0.29, 0.717) is 11.6 Å². The Kier molecular flexibility index (Phi) is 4.45. The second kappa shape index (κ2) is 5.36. The van der Waals surface area contributed by atoms with Crippen molar-refractivity contribution in [3.63, 3.8) is 0 Å². The van der Waals surface area contributed by atoms with Gasteiger partial charge < -0.3 is 15.5 Å². The Bertz CT molecular complexity index is 608. The first-order valence-electron chi connectivity index (χ1n) is 5.54. The molecule has 1 amide bonds. The number of hydrogen-bond donors (Lipinski definition) is 2. The number of rotatable bonds is 2. The van der Waals surface area contributed by atoms with Gasteiger partial charge in [0.2, 0.25) is 5.91 Å². The SMILES string of the molecule is Cc1nc2cc(NC(=O)C3(N)CC3)ccc2o1.Cl.Cl. The molecule has 0 bridgehead atoms. The number of oxazole rings is 1. The van der Waals surface area contributed by atoms with Gasteiger partial charge in [0.05, 0.1) is 5.54 Å². The van der Waals surface area contributed by atoms with Gasteiger partial charge in [0.15, 0.2) is 11.5 Å². The van der Waals surface area contributed by atoms with Crippen molar-refractivity contribution in [1.29, 1.82) is 0 Å². The maximum absolute atomic E-state index is 11.8. The fraction of sp³-hybridized carbons (Fsp3) is 0.333. The molecule has 5 nitrogen and oxygen atoms in total. The van der Waals surface area contributed by atoms with Gasteiger partial charge in [0.25, 0.3) is 0 Å². The van der Waals surface area contributed by atoms with E-state index in [1.807, 2.05) is 0 Å². The van der Waals surface area contributed by atoms with Gasteiger partial charge in [-0.1, -0.05) is 0 Å². The Balaban J connectivity index is 0.000000902. The molecule has 3 rings (SSSR count). The highest BCUT2D eigenvalue weighted by Gasteiger charge is 2.45. The van der Waals surface area contributed by atoms with Gasteiger partial charge in [-0.05, 0) is 31.0 Å². The summed E-state index contributed by atoms with van der Waals surface area (Å²) in [4.78, 5) is 16.0. The largest absolute Gasteiger partial charge is 0.441 e. The number of benzene rings is 1. The van der Waals surface area contributed by atoms with Gasteiger partial charge in [0, 0.05) is 12.6 Å². The van der Waals surface area contributed by atoms with Crippen LogP contribution in [0.3, 0.4) is 0 Å². The van der Waals surface area contributed by atoms with Crippen molar-refractivity contribution in [2.75, 3.05) is 5.32 Å². The number of amides is 1. The van der Waals surface area contributed by atoms with Crippen LogP contribution in [0.5, 0.6) is 0 Å². The van der Waals surface area contributed by atoms with E-state index in [4.69, 9.17) is 10.2 Å². The van der Waals surface area contributed by atoms with Crippen molar-refractivity contribution in [3.05, 3.63) is 24.1 Å². The Hall–Kier alpha value is -1.30. The zero-order chi connectivity index (χ0) is 12.0. The van der Waals surface area contributed by atoms with Crippen LogP contribution in [0.2, 0.25) is 0 Å². The zero-order valence-corrected chi connectivity index (χ0v) is 11.9. The Morgan fingerprint density at radius 2 is 2.11 bits per heavy atom. The maximum Gasteiger partial charge on any atom is 0.244 e. The molecule has 1 aliphatic rings. The third kappa shape index (κ3) is 3.00. The summed E-state index contributed by atoms with van der Waals surface area (Å²) in [5.41, 5.74) is 7.31. The third-order valence-electron chi connectivity index (χ3n) is 2.99. The summed E-state index contributed by atoms with van der Waals surface area (Å²) in [5, 5.41) is 2.80. The smallest absolute Gasteiger partial charge is 0.244 e. The summed E-state index contributed by atoms with van der Waals surface area (Å²) in [6.45, 7) is 1.79. The Morgan fingerprint density at radius 1 is 1.42 bits per heavy atom. The maximum atomic E-state index is 11.8. The molecule has 1 saturated carbocycles. The molecular weight excluding hydrogens is 289 g/mol.